The van der Waals surface area contributed by atoms with Gasteiger partial charge in [0.25, 0.3) is 0 Å². The number of alkyl carbamates (subject to hydrolysis) is 1. The zero-order chi connectivity index (χ0) is 18.5. The van der Waals surface area contributed by atoms with Crippen LogP contribution in [0, 0.1) is 0 Å². The minimum absolute atomic E-state index is 0.0544. The molecule has 0 aliphatic heterocycles. The summed E-state index contributed by atoms with van der Waals surface area (Å²) < 4.78 is 9.92. The Labute approximate surface area is 140 Å². The number of phenols is 2. The number of nitrogens with one attached hydrogen (secondary N) is 1. The van der Waals surface area contributed by atoms with Crippen molar-refractivity contribution < 1.29 is 34.4 Å². The molecule has 8 nitrogen and oxygen atoms in total. The Hall–Kier alpha value is -2.48. The molecular weight excluding hydrogens is 318 g/mol. The van der Waals surface area contributed by atoms with Crippen LogP contribution in [0.4, 0.5) is 4.79 Å². The minimum atomic E-state index is -1.51. The molecule has 0 bridgehead atoms. The number of carbonyl (C=O) groups is 2. The Balaban J connectivity index is 3.01. The Bertz CT molecular complexity index is 595. The summed E-state index contributed by atoms with van der Waals surface area (Å²) >= 11 is 0. The number of hydrogen-bond acceptors (Lipinski definition) is 7. The van der Waals surface area contributed by atoms with Crippen molar-refractivity contribution in [3.63, 3.8) is 0 Å². The Morgan fingerprint density at radius 3 is 2.33 bits per heavy atom. The van der Waals surface area contributed by atoms with Gasteiger partial charge in [0.2, 0.25) is 0 Å². The SMILES string of the molecule is CCOC(=O)C(NC(=O)OC(C)(C)C)C(O)c1ccc(O)c(O)c1. The number of phenolic OH excluding ortho intramolecular Hbond substituents is 2. The average molecular weight is 341 g/mol. The molecule has 0 fully saturated rings. The number of aliphatic hydroxyl groups is 1. The number of hydrogen-bond donors (Lipinski definition) is 4. The Morgan fingerprint density at radius 1 is 1.21 bits per heavy atom. The maximum absolute atomic E-state index is 12.0. The molecule has 0 radical (unpaired) electrons. The molecule has 134 valence electrons. The third-order valence-corrected chi connectivity index (χ3v) is 2.87. The van der Waals surface area contributed by atoms with Gasteiger partial charge in [0, 0.05) is 0 Å². The average Bonchev–Trinajstić information content (AvgIpc) is 2.45. The van der Waals surface area contributed by atoms with E-state index in [1.165, 1.54) is 6.07 Å². The van der Waals surface area contributed by atoms with E-state index in [0.29, 0.717) is 0 Å². The Kier molecular flexibility index (Phi) is 6.42. The second kappa shape index (κ2) is 7.87. The first-order valence-corrected chi connectivity index (χ1v) is 7.41. The fourth-order valence-electron chi connectivity index (χ4n) is 1.85. The van der Waals surface area contributed by atoms with E-state index >= 15 is 0 Å². The molecule has 2 unspecified atom stereocenters. The number of carbonyl (C=O) groups excluding carboxylic acids is 2. The van der Waals surface area contributed by atoms with Gasteiger partial charge in [-0.3, -0.25) is 0 Å². The molecule has 0 saturated carbocycles. The summed E-state index contributed by atoms with van der Waals surface area (Å²) in [4.78, 5) is 23.9. The monoisotopic (exact) mass is 341 g/mol. The van der Waals surface area contributed by atoms with Gasteiger partial charge in [-0.15, -0.1) is 0 Å². The summed E-state index contributed by atoms with van der Waals surface area (Å²) in [5.41, 5.74) is -0.676. The van der Waals surface area contributed by atoms with Crippen LogP contribution in [-0.2, 0) is 14.3 Å². The summed E-state index contributed by atoms with van der Waals surface area (Å²) in [7, 11) is 0. The summed E-state index contributed by atoms with van der Waals surface area (Å²) in [6.45, 7) is 6.60. The van der Waals surface area contributed by atoms with Crippen molar-refractivity contribution in [2.24, 2.45) is 0 Å². The molecule has 0 saturated heterocycles. The fraction of sp³-hybridized carbons (Fsp3) is 0.500. The van der Waals surface area contributed by atoms with Crippen LogP contribution in [0.25, 0.3) is 0 Å². The molecule has 1 rings (SSSR count). The van der Waals surface area contributed by atoms with Gasteiger partial charge in [0.1, 0.15) is 11.7 Å². The Morgan fingerprint density at radius 2 is 1.83 bits per heavy atom. The molecule has 0 spiro atoms. The van der Waals surface area contributed by atoms with Gasteiger partial charge in [-0.2, -0.15) is 0 Å². The lowest BCUT2D eigenvalue weighted by atomic mass is 10.0. The smallest absolute Gasteiger partial charge is 0.408 e. The lowest BCUT2D eigenvalue weighted by molar-refractivity contribution is -0.148. The molecule has 1 amide bonds. The van der Waals surface area contributed by atoms with Crippen LogP contribution in [0.3, 0.4) is 0 Å². The van der Waals surface area contributed by atoms with Crippen LogP contribution in [0.5, 0.6) is 11.5 Å². The van der Waals surface area contributed by atoms with Crippen molar-refractivity contribution >= 4 is 12.1 Å². The highest BCUT2D eigenvalue weighted by Gasteiger charge is 2.33. The van der Waals surface area contributed by atoms with Gasteiger partial charge in [-0.05, 0) is 45.4 Å². The van der Waals surface area contributed by atoms with Crippen molar-refractivity contribution in [3.05, 3.63) is 23.8 Å². The number of aromatic hydroxyl groups is 2. The number of esters is 1. The van der Waals surface area contributed by atoms with Gasteiger partial charge in [0.15, 0.2) is 17.5 Å². The first kappa shape index (κ1) is 19.6. The quantitative estimate of drug-likeness (QED) is 0.473. The van der Waals surface area contributed by atoms with E-state index < -0.39 is 35.6 Å². The standard InChI is InChI=1S/C16H23NO7/c1-5-23-14(21)12(17-15(22)24-16(2,3)4)13(20)9-6-7-10(18)11(19)8-9/h6-8,12-13,18-20H,5H2,1-4H3,(H,17,22). The van der Waals surface area contributed by atoms with Crippen molar-refractivity contribution in [1.29, 1.82) is 0 Å². The first-order valence-electron chi connectivity index (χ1n) is 7.41. The van der Waals surface area contributed by atoms with Crippen molar-refractivity contribution in [2.45, 2.75) is 45.4 Å². The summed E-state index contributed by atoms with van der Waals surface area (Å²) in [6.07, 6.45) is -2.41. The normalized spacial score (nSPS) is 13.7. The van der Waals surface area contributed by atoms with E-state index in [1.54, 1.807) is 27.7 Å². The summed E-state index contributed by atoms with van der Waals surface area (Å²) in [5, 5.41) is 31.5. The number of aliphatic hydroxyl groups excluding tert-OH is 1. The third kappa shape index (κ3) is 5.62. The van der Waals surface area contributed by atoms with Gasteiger partial charge in [-0.25, -0.2) is 9.59 Å². The predicted molar refractivity (Wildman–Crippen MR) is 84.5 cm³/mol. The van der Waals surface area contributed by atoms with Crippen LogP contribution in [0.1, 0.15) is 39.4 Å². The lowest BCUT2D eigenvalue weighted by Gasteiger charge is -2.25. The molecular formula is C16H23NO7. The van der Waals surface area contributed by atoms with Crippen LogP contribution < -0.4 is 5.32 Å². The molecule has 0 aliphatic rings. The molecule has 0 aliphatic carbocycles. The lowest BCUT2D eigenvalue weighted by Crippen LogP contribution is -2.47. The second-order valence-corrected chi connectivity index (χ2v) is 6.07. The van der Waals surface area contributed by atoms with Gasteiger partial charge < -0.3 is 30.1 Å². The highest BCUT2D eigenvalue weighted by atomic mass is 16.6. The molecule has 1 aromatic carbocycles. The largest absolute Gasteiger partial charge is 0.504 e. The second-order valence-electron chi connectivity index (χ2n) is 6.07. The molecule has 4 N–H and O–H groups in total. The van der Waals surface area contributed by atoms with Gasteiger partial charge in [-0.1, -0.05) is 6.07 Å². The maximum Gasteiger partial charge on any atom is 0.408 e. The molecule has 0 heterocycles. The zero-order valence-electron chi connectivity index (χ0n) is 14.1. The van der Waals surface area contributed by atoms with E-state index in [1.807, 2.05) is 0 Å². The van der Waals surface area contributed by atoms with Crippen LogP contribution in [-0.4, -0.2) is 45.6 Å². The van der Waals surface area contributed by atoms with Crippen molar-refractivity contribution in [3.8, 4) is 11.5 Å². The van der Waals surface area contributed by atoms with Crippen LogP contribution in [0.2, 0.25) is 0 Å². The first-order chi connectivity index (χ1) is 11.0. The van der Waals surface area contributed by atoms with Gasteiger partial charge >= 0.3 is 12.1 Å². The van der Waals surface area contributed by atoms with E-state index in [2.05, 4.69) is 5.32 Å². The highest BCUT2D eigenvalue weighted by Crippen LogP contribution is 2.29. The van der Waals surface area contributed by atoms with Crippen LogP contribution >= 0.6 is 0 Å². The molecule has 8 heteroatoms. The molecule has 24 heavy (non-hydrogen) atoms. The van der Waals surface area contributed by atoms with E-state index in [-0.39, 0.29) is 17.9 Å². The van der Waals surface area contributed by atoms with Gasteiger partial charge in [0.05, 0.1) is 6.61 Å². The van der Waals surface area contributed by atoms with Crippen molar-refractivity contribution in [1.82, 2.24) is 5.32 Å². The molecule has 2 atom stereocenters. The topological polar surface area (TPSA) is 125 Å². The number of ether oxygens (including phenoxy) is 2. The number of rotatable bonds is 5. The predicted octanol–water partition coefficient (Wildman–Crippen LogP) is 1.59. The highest BCUT2D eigenvalue weighted by molar-refractivity contribution is 5.82. The number of amides is 1. The molecule has 1 aromatic rings. The zero-order valence-corrected chi connectivity index (χ0v) is 14.1. The van der Waals surface area contributed by atoms with Crippen molar-refractivity contribution in [2.75, 3.05) is 6.61 Å². The fourth-order valence-corrected chi connectivity index (χ4v) is 1.85. The van der Waals surface area contributed by atoms with Crippen LogP contribution in [0.15, 0.2) is 18.2 Å². The maximum atomic E-state index is 12.0. The summed E-state index contributed by atoms with van der Waals surface area (Å²) in [6, 6.07) is 2.11. The summed E-state index contributed by atoms with van der Waals surface area (Å²) in [5.74, 6) is -1.70. The van der Waals surface area contributed by atoms with E-state index in [0.717, 1.165) is 12.1 Å². The van der Waals surface area contributed by atoms with E-state index in [4.69, 9.17) is 9.47 Å². The van der Waals surface area contributed by atoms with E-state index in [9.17, 15) is 24.9 Å². The number of benzene rings is 1. The molecule has 0 aromatic heterocycles. The minimum Gasteiger partial charge on any atom is -0.504 e. The third-order valence-electron chi connectivity index (χ3n) is 2.87.